The highest BCUT2D eigenvalue weighted by atomic mass is 19.2. The van der Waals surface area contributed by atoms with Gasteiger partial charge in [0.15, 0.2) is 11.6 Å². The lowest BCUT2D eigenvalue weighted by Gasteiger charge is -2.08. The van der Waals surface area contributed by atoms with Crippen molar-refractivity contribution in [3.8, 4) is 11.8 Å². The molecule has 2 fully saturated rings. The van der Waals surface area contributed by atoms with E-state index in [0.29, 0.717) is 40.2 Å². The van der Waals surface area contributed by atoms with Crippen LogP contribution in [0.1, 0.15) is 36.8 Å². The number of alkyl halides is 2. The van der Waals surface area contributed by atoms with Gasteiger partial charge in [-0.2, -0.15) is 5.10 Å². The van der Waals surface area contributed by atoms with Crippen molar-refractivity contribution >= 4 is 28.4 Å². The third-order valence-electron chi connectivity index (χ3n) is 6.00. The third-order valence-corrected chi connectivity index (χ3v) is 6.00. The van der Waals surface area contributed by atoms with Gasteiger partial charge in [-0.05, 0) is 37.7 Å². The fourth-order valence-corrected chi connectivity index (χ4v) is 4.06. The van der Waals surface area contributed by atoms with Crippen LogP contribution in [0.5, 0.6) is 0 Å². The molecule has 10 heteroatoms. The molecule has 2 saturated carbocycles. The van der Waals surface area contributed by atoms with E-state index >= 15 is 0 Å². The first-order chi connectivity index (χ1) is 16.0. The second-order valence-electron chi connectivity index (χ2n) is 8.60. The predicted molar refractivity (Wildman–Crippen MR) is 119 cm³/mol. The van der Waals surface area contributed by atoms with Gasteiger partial charge in [-0.1, -0.05) is 11.8 Å². The van der Waals surface area contributed by atoms with Crippen LogP contribution in [-0.2, 0) is 11.3 Å². The molecule has 3 heterocycles. The predicted octanol–water partition coefficient (Wildman–Crippen LogP) is 3.10. The Morgan fingerprint density at radius 1 is 1.18 bits per heavy atom. The summed E-state index contributed by atoms with van der Waals surface area (Å²) < 4.78 is 28.5. The van der Waals surface area contributed by atoms with E-state index in [1.165, 1.54) is 0 Å². The molecule has 3 aromatic heterocycles. The summed E-state index contributed by atoms with van der Waals surface area (Å²) in [6.45, 7) is 0.462. The van der Waals surface area contributed by atoms with Crippen LogP contribution in [0.2, 0.25) is 0 Å². The summed E-state index contributed by atoms with van der Waals surface area (Å²) in [7, 11) is 1.74. The molecule has 0 saturated heterocycles. The van der Waals surface area contributed by atoms with E-state index in [1.54, 1.807) is 36.4 Å². The first-order valence-electron chi connectivity index (χ1n) is 11.0. The van der Waals surface area contributed by atoms with Gasteiger partial charge in [-0.3, -0.25) is 9.48 Å². The fraction of sp³-hybridized carbons (Fsp3) is 0.435. The topological polar surface area (TPSA) is 97.6 Å². The van der Waals surface area contributed by atoms with Gasteiger partial charge in [0.05, 0.1) is 17.3 Å². The van der Waals surface area contributed by atoms with Gasteiger partial charge in [0, 0.05) is 37.3 Å². The summed E-state index contributed by atoms with van der Waals surface area (Å²) in [4.78, 5) is 16.5. The minimum Gasteiger partial charge on any atom is -0.371 e. The van der Waals surface area contributed by atoms with Crippen molar-refractivity contribution in [1.29, 1.82) is 0 Å². The summed E-state index contributed by atoms with van der Waals surface area (Å²) in [5, 5.41) is 19.1. The standard InChI is InChI=1S/C23H23F2N7O/c1-26-22-21-17(8-20(30-31-21)29-23(33)15-4-5-15)16(10-27-22)3-2-13-9-28-32(11-13)12-14-6-18(24)19(25)7-14/h8-11,14-15,18-19H,4-7,12H2,1H3,(H,26,27)(H,29,30,33). The fourth-order valence-electron chi connectivity index (χ4n) is 4.06. The number of hydrogen-bond donors (Lipinski definition) is 2. The van der Waals surface area contributed by atoms with Gasteiger partial charge in [-0.25, -0.2) is 13.8 Å². The number of hydrogen-bond acceptors (Lipinski definition) is 6. The van der Waals surface area contributed by atoms with E-state index in [4.69, 9.17) is 0 Å². The Morgan fingerprint density at radius 3 is 2.70 bits per heavy atom. The molecule has 2 atom stereocenters. The van der Waals surface area contributed by atoms with Crippen LogP contribution in [-0.4, -0.2) is 50.3 Å². The van der Waals surface area contributed by atoms with Gasteiger partial charge >= 0.3 is 0 Å². The highest BCUT2D eigenvalue weighted by molar-refractivity contribution is 5.97. The summed E-state index contributed by atoms with van der Waals surface area (Å²) >= 11 is 0. The zero-order valence-corrected chi connectivity index (χ0v) is 18.1. The maximum Gasteiger partial charge on any atom is 0.228 e. The molecule has 170 valence electrons. The van der Waals surface area contributed by atoms with Crippen LogP contribution in [0.25, 0.3) is 10.9 Å². The lowest BCUT2D eigenvalue weighted by molar-refractivity contribution is -0.117. The quantitative estimate of drug-likeness (QED) is 0.579. The Balaban J connectivity index is 1.38. The number of aromatic nitrogens is 5. The molecule has 8 nitrogen and oxygen atoms in total. The number of nitrogens with zero attached hydrogens (tertiary/aromatic N) is 5. The average Bonchev–Trinajstić information content (AvgIpc) is 3.49. The molecule has 0 spiro atoms. The molecule has 0 aromatic carbocycles. The Morgan fingerprint density at radius 2 is 1.97 bits per heavy atom. The largest absolute Gasteiger partial charge is 0.371 e. The van der Waals surface area contributed by atoms with Crippen molar-refractivity contribution in [3.63, 3.8) is 0 Å². The molecule has 2 aliphatic carbocycles. The smallest absolute Gasteiger partial charge is 0.228 e. The van der Waals surface area contributed by atoms with Crippen LogP contribution in [0.3, 0.4) is 0 Å². The van der Waals surface area contributed by atoms with Crippen molar-refractivity contribution in [1.82, 2.24) is 25.0 Å². The summed E-state index contributed by atoms with van der Waals surface area (Å²) in [6.07, 6.45) is 4.51. The van der Waals surface area contributed by atoms with E-state index in [0.717, 1.165) is 12.8 Å². The monoisotopic (exact) mass is 451 g/mol. The number of halogens is 2. The van der Waals surface area contributed by atoms with Crippen LogP contribution in [0, 0.1) is 23.7 Å². The van der Waals surface area contributed by atoms with Crippen LogP contribution < -0.4 is 10.6 Å². The number of anilines is 2. The summed E-state index contributed by atoms with van der Waals surface area (Å²) in [5.74, 6) is 7.03. The zero-order valence-electron chi connectivity index (χ0n) is 18.1. The van der Waals surface area contributed by atoms with Crippen LogP contribution >= 0.6 is 0 Å². The number of amides is 1. The highest BCUT2D eigenvalue weighted by Gasteiger charge is 2.34. The number of carbonyl (C=O) groups excluding carboxylic acids is 1. The molecule has 2 aliphatic rings. The Hall–Kier alpha value is -3.61. The maximum atomic E-state index is 13.4. The Labute approximate surface area is 189 Å². The van der Waals surface area contributed by atoms with Crippen molar-refractivity contribution in [2.45, 2.75) is 44.6 Å². The van der Waals surface area contributed by atoms with Crippen molar-refractivity contribution in [2.24, 2.45) is 11.8 Å². The Kier molecular flexibility index (Phi) is 5.62. The molecule has 3 aromatic rings. The molecule has 33 heavy (non-hydrogen) atoms. The van der Waals surface area contributed by atoms with E-state index in [1.807, 2.05) is 0 Å². The molecule has 0 aliphatic heterocycles. The van der Waals surface area contributed by atoms with E-state index < -0.39 is 12.3 Å². The van der Waals surface area contributed by atoms with Gasteiger partial charge in [0.25, 0.3) is 0 Å². The normalized spacial score (nSPS) is 22.1. The molecular weight excluding hydrogens is 428 g/mol. The minimum atomic E-state index is -1.38. The SMILES string of the molecule is CNc1ncc(C#Cc2cnn(CC3CC(F)C(F)C3)c2)c2cc(NC(=O)C3CC3)nnc12. The molecule has 5 rings (SSSR count). The summed E-state index contributed by atoms with van der Waals surface area (Å²) in [5.41, 5.74) is 1.86. The second-order valence-corrected chi connectivity index (χ2v) is 8.60. The molecule has 0 radical (unpaired) electrons. The maximum absolute atomic E-state index is 13.4. The van der Waals surface area contributed by atoms with Gasteiger partial charge in [0.1, 0.15) is 17.9 Å². The van der Waals surface area contributed by atoms with E-state index in [9.17, 15) is 13.6 Å². The molecule has 0 bridgehead atoms. The first kappa shape index (κ1) is 21.2. The third kappa shape index (κ3) is 4.62. The molecule has 2 N–H and O–H groups in total. The van der Waals surface area contributed by atoms with Crippen molar-refractivity contribution in [3.05, 3.63) is 35.8 Å². The molecular formula is C23H23F2N7O. The number of fused-ring (bicyclic) bond motifs is 1. The summed E-state index contributed by atoms with van der Waals surface area (Å²) in [6, 6.07) is 1.75. The van der Waals surface area contributed by atoms with Gasteiger partial charge in [0.2, 0.25) is 5.91 Å². The zero-order chi connectivity index (χ0) is 22.9. The Bertz CT molecular complexity index is 1250. The number of carbonyl (C=O) groups is 1. The van der Waals surface area contributed by atoms with Crippen molar-refractivity contribution in [2.75, 3.05) is 17.7 Å². The number of pyridine rings is 1. The minimum absolute atomic E-state index is 0.0491. The van der Waals surface area contributed by atoms with Crippen molar-refractivity contribution < 1.29 is 13.6 Å². The lowest BCUT2D eigenvalue weighted by Crippen LogP contribution is -2.15. The number of nitrogens with one attached hydrogen (secondary N) is 2. The first-order valence-corrected chi connectivity index (χ1v) is 11.0. The number of rotatable bonds is 5. The van der Waals surface area contributed by atoms with E-state index in [2.05, 4.69) is 42.8 Å². The average molecular weight is 451 g/mol. The van der Waals surface area contributed by atoms with E-state index in [-0.39, 0.29) is 30.6 Å². The van der Waals surface area contributed by atoms with Gasteiger partial charge < -0.3 is 10.6 Å². The van der Waals surface area contributed by atoms with Gasteiger partial charge in [-0.15, -0.1) is 10.2 Å². The molecule has 1 amide bonds. The molecule has 2 unspecified atom stereocenters. The van der Waals surface area contributed by atoms with Crippen LogP contribution in [0.15, 0.2) is 24.7 Å². The highest BCUT2D eigenvalue weighted by Crippen LogP contribution is 2.32. The second kappa shape index (κ2) is 8.73. The lowest BCUT2D eigenvalue weighted by atomic mass is 10.1. The van der Waals surface area contributed by atoms with Crippen LogP contribution in [0.4, 0.5) is 20.4 Å².